The number of nitrogens with zero attached hydrogens (tertiary/aromatic N) is 1. The Kier molecular flexibility index (Phi) is 4.83. The Morgan fingerprint density at radius 1 is 1.28 bits per heavy atom. The zero-order chi connectivity index (χ0) is 17.8. The highest BCUT2D eigenvalue weighted by Crippen LogP contribution is 2.35. The number of fused-ring (bicyclic) bond motifs is 1. The van der Waals surface area contributed by atoms with Crippen molar-refractivity contribution in [3.05, 3.63) is 69.8 Å². The van der Waals surface area contributed by atoms with Gasteiger partial charge in [0, 0.05) is 29.2 Å². The van der Waals surface area contributed by atoms with Gasteiger partial charge in [0.05, 0.1) is 18.1 Å². The molecule has 0 bridgehead atoms. The summed E-state index contributed by atoms with van der Waals surface area (Å²) in [6.45, 7) is 2.53. The second-order valence-electron chi connectivity index (χ2n) is 5.96. The second kappa shape index (κ2) is 7.21. The fourth-order valence-corrected chi connectivity index (χ4v) is 2.97. The van der Waals surface area contributed by atoms with Crippen molar-refractivity contribution in [3.63, 3.8) is 0 Å². The van der Waals surface area contributed by atoms with E-state index in [1.54, 1.807) is 18.2 Å². The third-order valence-corrected chi connectivity index (χ3v) is 4.33. The van der Waals surface area contributed by atoms with Crippen LogP contribution in [0.3, 0.4) is 0 Å². The fraction of sp³-hybridized carbons (Fsp3) is 0.278. The Labute approximate surface area is 145 Å². The van der Waals surface area contributed by atoms with Gasteiger partial charge in [0.2, 0.25) is 0 Å². The molecule has 0 radical (unpaired) electrons. The van der Waals surface area contributed by atoms with E-state index in [0.29, 0.717) is 12.2 Å². The molecule has 0 fully saturated rings. The summed E-state index contributed by atoms with van der Waals surface area (Å²) in [5, 5.41) is 16.6. The number of carbonyl (C=O) groups is 1. The van der Waals surface area contributed by atoms with E-state index in [0.717, 1.165) is 11.3 Å². The van der Waals surface area contributed by atoms with Crippen molar-refractivity contribution in [2.45, 2.75) is 25.4 Å². The highest BCUT2D eigenvalue weighted by molar-refractivity contribution is 5.74. The molecule has 1 aliphatic heterocycles. The van der Waals surface area contributed by atoms with Crippen molar-refractivity contribution in [2.75, 3.05) is 6.61 Å². The summed E-state index contributed by atoms with van der Waals surface area (Å²) in [5.74, 6) is 0.925. The van der Waals surface area contributed by atoms with E-state index in [2.05, 4.69) is 10.6 Å². The zero-order valence-electron chi connectivity index (χ0n) is 13.8. The van der Waals surface area contributed by atoms with E-state index in [9.17, 15) is 14.9 Å². The van der Waals surface area contributed by atoms with Crippen LogP contribution in [0.5, 0.6) is 5.75 Å². The quantitative estimate of drug-likeness (QED) is 0.646. The first-order valence-electron chi connectivity index (χ1n) is 8.04. The molecule has 1 heterocycles. The maximum absolute atomic E-state index is 12.1. The van der Waals surface area contributed by atoms with Crippen LogP contribution in [0.25, 0.3) is 0 Å². The lowest BCUT2D eigenvalue weighted by Crippen LogP contribution is -2.43. The van der Waals surface area contributed by atoms with Crippen molar-refractivity contribution in [1.29, 1.82) is 0 Å². The van der Waals surface area contributed by atoms with Gasteiger partial charge in [0.1, 0.15) is 5.75 Å². The first-order valence-corrected chi connectivity index (χ1v) is 8.04. The molecule has 7 nitrogen and oxygen atoms in total. The molecule has 7 heteroatoms. The maximum Gasteiger partial charge on any atom is 0.315 e. The van der Waals surface area contributed by atoms with Gasteiger partial charge in [0.25, 0.3) is 5.69 Å². The van der Waals surface area contributed by atoms with Crippen LogP contribution in [-0.2, 0) is 6.54 Å². The van der Waals surface area contributed by atoms with E-state index in [1.165, 1.54) is 6.07 Å². The number of hydrogen-bond donors (Lipinski definition) is 2. The number of nitro benzene ring substituents is 1. The standard InChI is InChI=1S/C18H19N3O4/c1-12(15-11-25-17-9-5-3-7-14(15)17)20-18(22)19-10-13-6-2-4-8-16(13)21(23)24/h2-9,12,15H,10-11H2,1H3,(H2,19,20,22)/t12-,15-/m0/s1. The summed E-state index contributed by atoms with van der Waals surface area (Å²) in [5.41, 5.74) is 1.54. The average Bonchev–Trinajstić information content (AvgIpc) is 3.04. The van der Waals surface area contributed by atoms with Crippen molar-refractivity contribution in [3.8, 4) is 5.75 Å². The number of urea groups is 1. The lowest BCUT2D eigenvalue weighted by molar-refractivity contribution is -0.385. The Hall–Kier alpha value is -3.09. The van der Waals surface area contributed by atoms with E-state index >= 15 is 0 Å². The lowest BCUT2D eigenvalue weighted by atomic mass is 9.94. The molecule has 0 unspecified atom stereocenters. The van der Waals surface area contributed by atoms with Gasteiger partial charge in [-0.3, -0.25) is 10.1 Å². The molecule has 2 N–H and O–H groups in total. The number of hydrogen-bond acceptors (Lipinski definition) is 4. The van der Waals surface area contributed by atoms with Gasteiger partial charge in [-0.2, -0.15) is 0 Å². The van der Waals surface area contributed by atoms with Crippen LogP contribution in [0.1, 0.15) is 24.0 Å². The number of amides is 2. The first-order chi connectivity index (χ1) is 12.1. The summed E-state index contributed by atoms with van der Waals surface area (Å²) in [7, 11) is 0. The summed E-state index contributed by atoms with van der Waals surface area (Å²) < 4.78 is 5.64. The minimum Gasteiger partial charge on any atom is -0.493 e. The molecular formula is C18H19N3O4. The number of para-hydroxylation sites is 2. The van der Waals surface area contributed by atoms with Crippen molar-refractivity contribution in [2.24, 2.45) is 0 Å². The SMILES string of the molecule is C[C@H](NC(=O)NCc1ccccc1[N+](=O)[O-])[C@@H]1COc2ccccc21. The second-order valence-corrected chi connectivity index (χ2v) is 5.96. The van der Waals surface area contributed by atoms with E-state index in [4.69, 9.17) is 4.74 Å². The molecule has 1 aliphatic rings. The van der Waals surface area contributed by atoms with Crippen LogP contribution in [0.15, 0.2) is 48.5 Å². The van der Waals surface area contributed by atoms with Crippen LogP contribution in [-0.4, -0.2) is 23.6 Å². The number of benzene rings is 2. The summed E-state index contributed by atoms with van der Waals surface area (Å²) >= 11 is 0. The number of nitrogens with one attached hydrogen (secondary N) is 2. The molecule has 0 aromatic heterocycles. The van der Waals surface area contributed by atoms with Crippen LogP contribution < -0.4 is 15.4 Å². The van der Waals surface area contributed by atoms with Gasteiger partial charge >= 0.3 is 6.03 Å². The molecule has 2 aromatic rings. The maximum atomic E-state index is 12.1. The molecule has 0 saturated carbocycles. The van der Waals surface area contributed by atoms with Gasteiger partial charge in [-0.05, 0) is 13.0 Å². The summed E-state index contributed by atoms with van der Waals surface area (Å²) in [4.78, 5) is 22.7. The Balaban J connectivity index is 1.58. The van der Waals surface area contributed by atoms with Gasteiger partial charge in [-0.25, -0.2) is 4.79 Å². The Bertz CT molecular complexity index is 793. The van der Waals surface area contributed by atoms with Crippen molar-refractivity contribution < 1.29 is 14.5 Å². The monoisotopic (exact) mass is 341 g/mol. The van der Waals surface area contributed by atoms with Gasteiger partial charge in [0.15, 0.2) is 0 Å². The van der Waals surface area contributed by atoms with E-state index in [1.807, 2.05) is 31.2 Å². The van der Waals surface area contributed by atoms with Crippen LogP contribution >= 0.6 is 0 Å². The number of rotatable bonds is 5. The first kappa shape index (κ1) is 16.8. The van der Waals surface area contributed by atoms with E-state index < -0.39 is 4.92 Å². The van der Waals surface area contributed by atoms with Gasteiger partial charge < -0.3 is 15.4 Å². The lowest BCUT2D eigenvalue weighted by Gasteiger charge is -2.20. The smallest absolute Gasteiger partial charge is 0.315 e. The highest BCUT2D eigenvalue weighted by atomic mass is 16.6. The normalized spacial score (nSPS) is 16.4. The third-order valence-electron chi connectivity index (χ3n) is 4.33. The van der Waals surface area contributed by atoms with Crippen molar-refractivity contribution >= 4 is 11.7 Å². The molecule has 3 rings (SSSR count). The van der Waals surface area contributed by atoms with Crippen LogP contribution in [0.2, 0.25) is 0 Å². The van der Waals surface area contributed by atoms with Gasteiger partial charge in [-0.1, -0.05) is 36.4 Å². The minimum atomic E-state index is -0.454. The third kappa shape index (κ3) is 3.71. The number of ether oxygens (including phenoxy) is 1. The predicted octanol–water partition coefficient (Wildman–Crippen LogP) is 2.96. The largest absolute Gasteiger partial charge is 0.493 e. The zero-order valence-corrected chi connectivity index (χ0v) is 13.8. The number of carbonyl (C=O) groups excluding carboxylic acids is 1. The highest BCUT2D eigenvalue weighted by Gasteiger charge is 2.29. The minimum absolute atomic E-state index is 0.00558. The Morgan fingerprint density at radius 3 is 2.80 bits per heavy atom. The summed E-state index contributed by atoms with van der Waals surface area (Å²) in [6.07, 6.45) is 0. The van der Waals surface area contributed by atoms with Crippen molar-refractivity contribution in [1.82, 2.24) is 10.6 Å². The molecule has 2 atom stereocenters. The van der Waals surface area contributed by atoms with Gasteiger partial charge in [-0.15, -0.1) is 0 Å². The van der Waals surface area contributed by atoms with Crippen LogP contribution in [0.4, 0.5) is 10.5 Å². The molecule has 0 spiro atoms. The molecule has 2 aromatic carbocycles. The number of nitro groups is 1. The average molecular weight is 341 g/mol. The van der Waals surface area contributed by atoms with Crippen LogP contribution in [0, 0.1) is 10.1 Å². The van der Waals surface area contributed by atoms with E-state index in [-0.39, 0.29) is 30.2 Å². The molecule has 130 valence electrons. The Morgan fingerprint density at radius 2 is 2.00 bits per heavy atom. The molecule has 2 amide bonds. The topological polar surface area (TPSA) is 93.5 Å². The molecular weight excluding hydrogens is 322 g/mol. The molecule has 25 heavy (non-hydrogen) atoms. The predicted molar refractivity (Wildman–Crippen MR) is 92.6 cm³/mol. The molecule has 0 saturated heterocycles. The summed E-state index contributed by atoms with van der Waals surface area (Å²) in [6, 6.07) is 13.6. The molecule has 0 aliphatic carbocycles. The fourth-order valence-electron chi connectivity index (χ4n) is 2.97.